The van der Waals surface area contributed by atoms with Gasteiger partial charge in [-0.2, -0.15) is 0 Å². The van der Waals surface area contributed by atoms with Gasteiger partial charge in [-0.15, -0.1) is 0 Å². The lowest BCUT2D eigenvalue weighted by atomic mass is 9.92. The second kappa shape index (κ2) is 6.06. The number of carbonyl (C=O) groups excluding carboxylic acids is 1. The zero-order valence-corrected chi connectivity index (χ0v) is 11.6. The fourth-order valence-electron chi connectivity index (χ4n) is 2.48. The van der Waals surface area contributed by atoms with Gasteiger partial charge in [0, 0.05) is 25.8 Å². The van der Waals surface area contributed by atoms with Crippen molar-refractivity contribution in [2.75, 3.05) is 19.4 Å². The molecule has 1 aliphatic rings. The minimum Gasteiger partial charge on any atom is -0.393 e. The molecule has 1 amide bonds. The van der Waals surface area contributed by atoms with Crippen molar-refractivity contribution in [1.82, 2.24) is 4.90 Å². The Morgan fingerprint density at radius 2 is 1.84 bits per heavy atom. The Balaban J connectivity index is 2.10. The summed E-state index contributed by atoms with van der Waals surface area (Å²) in [5.41, 5.74) is 1.60. The molecule has 1 fully saturated rings. The third-order valence-electron chi connectivity index (χ3n) is 3.62. The average Bonchev–Trinajstić information content (AvgIpc) is 2.41. The Labute approximate surface area is 114 Å². The molecule has 1 aliphatic carbocycles. The first-order valence-electron chi connectivity index (χ1n) is 6.83. The van der Waals surface area contributed by atoms with E-state index in [2.05, 4.69) is 5.32 Å². The molecule has 0 heterocycles. The number of amides is 1. The van der Waals surface area contributed by atoms with Crippen LogP contribution in [0.5, 0.6) is 0 Å². The number of aliphatic hydroxyl groups excluding tert-OH is 1. The molecule has 0 saturated heterocycles. The number of nitrogens with one attached hydrogen (secondary N) is 1. The molecule has 4 nitrogen and oxygen atoms in total. The van der Waals surface area contributed by atoms with Gasteiger partial charge >= 0.3 is 0 Å². The molecule has 0 aromatic heterocycles. The van der Waals surface area contributed by atoms with E-state index in [0.29, 0.717) is 11.6 Å². The highest BCUT2D eigenvalue weighted by Crippen LogP contribution is 2.24. The average molecular weight is 262 g/mol. The lowest BCUT2D eigenvalue weighted by Crippen LogP contribution is -2.30. The molecule has 0 spiro atoms. The number of hydrogen-bond donors (Lipinski definition) is 2. The Hall–Kier alpha value is -1.55. The zero-order valence-electron chi connectivity index (χ0n) is 11.6. The molecule has 0 radical (unpaired) electrons. The van der Waals surface area contributed by atoms with Gasteiger partial charge in [0.15, 0.2) is 0 Å². The number of hydrogen-bond acceptors (Lipinski definition) is 3. The van der Waals surface area contributed by atoms with Crippen LogP contribution in [0.15, 0.2) is 24.3 Å². The third-order valence-corrected chi connectivity index (χ3v) is 3.62. The molecule has 4 heteroatoms. The summed E-state index contributed by atoms with van der Waals surface area (Å²) in [6, 6.07) is 7.96. The van der Waals surface area contributed by atoms with Crippen LogP contribution in [-0.2, 0) is 0 Å². The number of rotatable bonds is 3. The van der Waals surface area contributed by atoms with Gasteiger partial charge in [0.1, 0.15) is 0 Å². The van der Waals surface area contributed by atoms with Crippen LogP contribution >= 0.6 is 0 Å². The van der Waals surface area contributed by atoms with Crippen LogP contribution in [0.4, 0.5) is 5.69 Å². The van der Waals surface area contributed by atoms with E-state index >= 15 is 0 Å². The molecular weight excluding hydrogens is 240 g/mol. The van der Waals surface area contributed by atoms with E-state index in [1.807, 2.05) is 24.3 Å². The summed E-state index contributed by atoms with van der Waals surface area (Å²) < 4.78 is 0. The summed E-state index contributed by atoms with van der Waals surface area (Å²) >= 11 is 0. The van der Waals surface area contributed by atoms with Crippen molar-refractivity contribution in [1.29, 1.82) is 0 Å². The standard InChI is InChI=1S/C15H22N2O2/c1-17(2)15(19)13-5-3-4-6-14(13)16-11-7-9-12(18)10-8-11/h3-6,11-12,16,18H,7-10H2,1-2H3. The quantitative estimate of drug-likeness (QED) is 0.877. The maximum Gasteiger partial charge on any atom is 0.255 e. The number of carbonyl (C=O) groups is 1. The zero-order chi connectivity index (χ0) is 13.8. The van der Waals surface area contributed by atoms with E-state index in [0.717, 1.165) is 31.4 Å². The van der Waals surface area contributed by atoms with Crippen LogP contribution in [0, 0.1) is 0 Å². The van der Waals surface area contributed by atoms with Crippen LogP contribution in [-0.4, -0.2) is 42.2 Å². The summed E-state index contributed by atoms with van der Waals surface area (Å²) in [6.07, 6.45) is 3.41. The first-order valence-corrected chi connectivity index (χ1v) is 6.83. The van der Waals surface area contributed by atoms with Crippen LogP contribution < -0.4 is 5.32 Å². The maximum absolute atomic E-state index is 12.1. The number of anilines is 1. The second-order valence-corrected chi connectivity index (χ2v) is 5.39. The first kappa shape index (κ1) is 13.9. The first-order chi connectivity index (χ1) is 9.08. The Morgan fingerprint density at radius 3 is 2.47 bits per heavy atom. The van der Waals surface area contributed by atoms with E-state index in [-0.39, 0.29) is 12.0 Å². The fraction of sp³-hybridized carbons (Fsp3) is 0.533. The van der Waals surface area contributed by atoms with Crippen molar-refractivity contribution < 1.29 is 9.90 Å². The van der Waals surface area contributed by atoms with Crippen molar-refractivity contribution >= 4 is 11.6 Å². The van der Waals surface area contributed by atoms with E-state index in [9.17, 15) is 9.90 Å². The van der Waals surface area contributed by atoms with Crippen molar-refractivity contribution in [3.8, 4) is 0 Å². The van der Waals surface area contributed by atoms with Gasteiger partial charge in [-0.1, -0.05) is 12.1 Å². The molecule has 2 rings (SSSR count). The SMILES string of the molecule is CN(C)C(=O)c1ccccc1NC1CCC(O)CC1. The van der Waals surface area contributed by atoms with E-state index < -0.39 is 0 Å². The van der Waals surface area contributed by atoms with E-state index in [4.69, 9.17) is 0 Å². The van der Waals surface area contributed by atoms with Gasteiger partial charge in [-0.05, 0) is 37.8 Å². The maximum atomic E-state index is 12.1. The highest BCUT2D eigenvalue weighted by Gasteiger charge is 2.21. The van der Waals surface area contributed by atoms with Gasteiger partial charge in [-0.3, -0.25) is 4.79 Å². The Bertz CT molecular complexity index is 438. The molecule has 19 heavy (non-hydrogen) atoms. The Morgan fingerprint density at radius 1 is 1.21 bits per heavy atom. The van der Waals surface area contributed by atoms with E-state index in [1.165, 1.54) is 0 Å². The molecule has 2 N–H and O–H groups in total. The van der Waals surface area contributed by atoms with Gasteiger partial charge in [0.25, 0.3) is 5.91 Å². The highest BCUT2D eigenvalue weighted by molar-refractivity contribution is 5.99. The lowest BCUT2D eigenvalue weighted by Gasteiger charge is -2.28. The number of para-hydroxylation sites is 1. The summed E-state index contributed by atoms with van der Waals surface area (Å²) in [5, 5.41) is 13.0. The van der Waals surface area contributed by atoms with Gasteiger partial charge in [0.05, 0.1) is 11.7 Å². The van der Waals surface area contributed by atoms with Crippen molar-refractivity contribution in [3.63, 3.8) is 0 Å². The normalized spacial score (nSPS) is 22.9. The molecule has 1 aromatic carbocycles. The topological polar surface area (TPSA) is 52.6 Å². The number of benzene rings is 1. The van der Waals surface area contributed by atoms with Crippen molar-refractivity contribution in [2.45, 2.75) is 37.8 Å². The predicted octanol–water partition coefficient (Wildman–Crippen LogP) is 2.10. The van der Waals surface area contributed by atoms with Crippen LogP contribution in [0.2, 0.25) is 0 Å². The van der Waals surface area contributed by atoms with Crippen molar-refractivity contribution in [2.24, 2.45) is 0 Å². The molecule has 0 bridgehead atoms. The van der Waals surface area contributed by atoms with Gasteiger partial charge in [-0.25, -0.2) is 0 Å². The van der Waals surface area contributed by atoms with Crippen LogP contribution in [0.25, 0.3) is 0 Å². The smallest absolute Gasteiger partial charge is 0.255 e. The fourth-order valence-corrected chi connectivity index (χ4v) is 2.48. The number of aliphatic hydroxyl groups is 1. The minimum absolute atomic E-state index is 0.0129. The minimum atomic E-state index is -0.156. The summed E-state index contributed by atoms with van der Waals surface area (Å²) in [6.45, 7) is 0. The third kappa shape index (κ3) is 3.47. The molecule has 0 unspecified atom stereocenters. The van der Waals surface area contributed by atoms with Crippen LogP contribution in [0.1, 0.15) is 36.0 Å². The molecule has 1 saturated carbocycles. The second-order valence-electron chi connectivity index (χ2n) is 5.39. The summed E-state index contributed by atoms with van der Waals surface area (Å²) in [7, 11) is 3.52. The molecule has 104 valence electrons. The number of nitrogens with zero attached hydrogens (tertiary/aromatic N) is 1. The summed E-state index contributed by atoms with van der Waals surface area (Å²) in [5.74, 6) is 0.0129. The predicted molar refractivity (Wildman–Crippen MR) is 76.3 cm³/mol. The lowest BCUT2D eigenvalue weighted by molar-refractivity contribution is 0.0828. The van der Waals surface area contributed by atoms with Gasteiger partial charge in [0.2, 0.25) is 0 Å². The molecule has 0 aliphatic heterocycles. The molecule has 1 aromatic rings. The van der Waals surface area contributed by atoms with E-state index in [1.54, 1.807) is 19.0 Å². The molecular formula is C15H22N2O2. The van der Waals surface area contributed by atoms with Crippen LogP contribution in [0.3, 0.4) is 0 Å². The Kier molecular flexibility index (Phi) is 4.43. The largest absolute Gasteiger partial charge is 0.393 e. The summed E-state index contributed by atoms with van der Waals surface area (Å²) in [4.78, 5) is 13.7. The van der Waals surface area contributed by atoms with Crippen molar-refractivity contribution in [3.05, 3.63) is 29.8 Å². The molecule has 0 atom stereocenters. The highest BCUT2D eigenvalue weighted by atomic mass is 16.3. The van der Waals surface area contributed by atoms with Gasteiger partial charge < -0.3 is 15.3 Å². The monoisotopic (exact) mass is 262 g/mol.